The first-order valence-corrected chi connectivity index (χ1v) is 3.91. The summed E-state index contributed by atoms with van der Waals surface area (Å²) in [6.07, 6.45) is 1.66. The number of hydrogen-bond acceptors (Lipinski definition) is 2. The summed E-state index contributed by atoms with van der Waals surface area (Å²) in [5, 5.41) is 9.07. The van der Waals surface area contributed by atoms with Crippen LogP contribution in [-0.4, -0.2) is 11.7 Å². The molecule has 1 aliphatic heterocycles. The number of hydrogen-bond donors (Lipinski definition) is 1. The largest absolute Gasteiger partial charge is 0.508 e. The second-order valence-electron chi connectivity index (χ2n) is 2.87. The van der Waals surface area contributed by atoms with E-state index in [-0.39, 0.29) is 5.75 Å². The van der Waals surface area contributed by atoms with Crippen molar-refractivity contribution in [2.45, 2.75) is 12.8 Å². The van der Waals surface area contributed by atoms with E-state index in [1.165, 1.54) is 0 Å². The molecule has 0 amide bonds. The summed E-state index contributed by atoms with van der Waals surface area (Å²) in [5.41, 5.74) is 0.763. The first kappa shape index (κ1) is 7.40. The molecule has 3 heteroatoms. The molecule has 0 aromatic heterocycles. The Hall–Kier alpha value is -1.25. The fraction of sp³-hybridized carbons (Fsp3) is 0.333. The Bertz CT molecular complexity index is 310. The molecule has 0 radical (unpaired) electrons. The highest BCUT2D eigenvalue weighted by atomic mass is 19.1. The van der Waals surface area contributed by atoms with E-state index in [9.17, 15) is 4.39 Å². The van der Waals surface area contributed by atoms with Crippen molar-refractivity contribution < 1.29 is 14.2 Å². The minimum atomic E-state index is -0.468. The lowest BCUT2D eigenvalue weighted by atomic mass is 10.1. The van der Waals surface area contributed by atoms with E-state index in [2.05, 4.69) is 0 Å². The number of halogens is 1. The van der Waals surface area contributed by atoms with E-state index in [1.807, 2.05) is 0 Å². The molecule has 0 unspecified atom stereocenters. The summed E-state index contributed by atoms with van der Waals surface area (Å²) in [7, 11) is 0. The zero-order valence-corrected chi connectivity index (χ0v) is 6.51. The van der Waals surface area contributed by atoms with E-state index in [4.69, 9.17) is 9.84 Å². The molecule has 1 aliphatic rings. The van der Waals surface area contributed by atoms with Crippen LogP contribution in [0.5, 0.6) is 11.5 Å². The number of aryl methyl sites for hydroxylation is 1. The zero-order chi connectivity index (χ0) is 8.55. The van der Waals surface area contributed by atoms with E-state index in [0.29, 0.717) is 12.4 Å². The summed E-state index contributed by atoms with van der Waals surface area (Å²) in [6, 6.07) is 2.63. The minimum absolute atomic E-state index is 0.0308. The normalized spacial score (nSPS) is 15.1. The maximum Gasteiger partial charge on any atom is 0.169 e. The molecular formula is C9H9FO2. The first-order valence-electron chi connectivity index (χ1n) is 3.91. The van der Waals surface area contributed by atoms with E-state index >= 15 is 0 Å². The summed E-state index contributed by atoms with van der Waals surface area (Å²) >= 11 is 0. The molecule has 2 rings (SSSR count). The number of phenolic OH excluding ortho intramolecular Hbond substituents is 1. The van der Waals surface area contributed by atoms with Gasteiger partial charge in [0.15, 0.2) is 11.6 Å². The third kappa shape index (κ3) is 1.11. The average molecular weight is 168 g/mol. The van der Waals surface area contributed by atoms with Crippen LogP contribution in [0.25, 0.3) is 0 Å². The third-order valence-electron chi connectivity index (χ3n) is 1.94. The average Bonchev–Trinajstić information content (AvgIpc) is 2.04. The van der Waals surface area contributed by atoms with Crippen LogP contribution in [0, 0.1) is 5.82 Å². The van der Waals surface area contributed by atoms with E-state index in [1.54, 1.807) is 6.07 Å². The van der Waals surface area contributed by atoms with Crippen molar-refractivity contribution in [3.05, 3.63) is 23.5 Å². The lowest BCUT2D eigenvalue weighted by Gasteiger charge is -2.17. The lowest BCUT2D eigenvalue weighted by Crippen LogP contribution is -2.09. The number of benzene rings is 1. The first-order chi connectivity index (χ1) is 5.77. The van der Waals surface area contributed by atoms with Gasteiger partial charge in [0.1, 0.15) is 5.75 Å². The lowest BCUT2D eigenvalue weighted by molar-refractivity contribution is 0.272. The van der Waals surface area contributed by atoms with Crippen molar-refractivity contribution in [2.75, 3.05) is 6.61 Å². The molecule has 0 bridgehead atoms. The molecule has 2 nitrogen and oxygen atoms in total. The Balaban J connectivity index is 2.53. The summed E-state index contributed by atoms with van der Waals surface area (Å²) in [5.74, 6) is -0.194. The Kier molecular flexibility index (Phi) is 1.64. The van der Waals surface area contributed by atoms with Gasteiger partial charge in [-0.1, -0.05) is 0 Å². The van der Waals surface area contributed by atoms with Gasteiger partial charge in [-0.25, -0.2) is 4.39 Å². The topological polar surface area (TPSA) is 29.5 Å². The van der Waals surface area contributed by atoms with Crippen LogP contribution in [-0.2, 0) is 6.42 Å². The van der Waals surface area contributed by atoms with Gasteiger partial charge < -0.3 is 9.84 Å². The van der Waals surface area contributed by atoms with Crippen LogP contribution in [0.3, 0.4) is 0 Å². The van der Waals surface area contributed by atoms with Crippen LogP contribution in [0.2, 0.25) is 0 Å². The number of rotatable bonds is 0. The Morgan fingerprint density at radius 3 is 3.08 bits per heavy atom. The maximum absolute atomic E-state index is 13.0. The van der Waals surface area contributed by atoms with Gasteiger partial charge in [0.05, 0.1) is 6.61 Å². The van der Waals surface area contributed by atoms with Gasteiger partial charge in [0, 0.05) is 11.6 Å². The molecule has 0 atom stereocenters. The molecule has 1 N–H and O–H groups in total. The van der Waals surface area contributed by atoms with Gasteiger partial charge in [-0.3, -0.25) is 0 Å². The number of aromatic hydroxyl groups is 1. The van der Waals surface area contributed by atoms with Crippen molar-refractivity contribution in [3.63, 3.8) is 0 Å². The van der Waals surface area contributed by atoms with Crippen LogP contribution < -0.4 is 4.74 Å². The predicted molar refractivity (Wildman–Crippen MR) is 41.9 cm³/mol. The van der Waals surface area contributed by atoms with Crippen molar-refractivity contribution in [1.82, 2.24) is 0 Å². The molecule has 0 fully saturated rings. The Morgan fingerprint density at radius 2 is 2.25 bits per heavy atom. The molecule has 12 heavy (non-hydrogen) atoms. The smallest absolute Gasteiger partial charge is 0.169 e. The molecule has 64 valence electrons. The van der Waals surface area contributed by atoms with Crippen LogP contribution in [0.15, 0.2) is 12.1 Å². The number of fused-ring (bicyclic) bond motifs is 1. The highest BCUT2D eigenvalue weighted by Crippen LogP contribution is 2.31. The van der Waals surface area contributed by atoms with E-state index in [0.717, 1.165) is 24.5 Å². The van der Waals surface area contributed by atoms with Crippen LogP contribution in [0.1, 0.15) is 12.0 Å². The third-order valence-corrected chi connectivity index (χ3v) is 1.94. The van der Waals surface area contributed by atoms with Crippen molar-refractivity contribution in [2.24, 2.45) is 0 Å². The number of phenols is 1. The maximum atomic E-state index is 13.0. The highest BCUT2D eigenvalue weighted by Gasteiger charge is 2.15. The SMILES string of the molecule is Oc1cc(F)c2c(c1)CCCO2. The molecule has 0 saturated carbocycles. The molecule has 1 aromatic carbocycles. The fourth-order valence-corrected chi connectivity index (χ4v) is 1.42. The van der Waals surface area contributed by atoms with Crippen molar-refractivity contribution >= 4 is 0 Å². The van der Waals surface area contributed by atoms with Gasteiger partial charge in [-0.05, 0) is 18.9 Å². The Morgan fingerprint density at radius 1 is 1.42 bits per heavy atom. The second-order valence-corrected chi connectivity index (χ2v) is 2.87. The molecule has 0 aliphatic carbocycles. The van der Waals surface area contributed by atoms with Crippen LogP contribution in [0.4, 0.5) is 4.39 Å². The predicted octanol–water partition coefficient (Wildman–Crippen LogP) is 1.86. The van der Waals surface area contributed by atoms with Crippen molar-refractivity contribution in [3.8, 4) is 11.5 Å². The van der Waals surface area contributed by atoms with Gasteiger partial charge in [0.25, 0.3) is 0 Å². The molecule has 1 aromatic rings. The molecule has 0 spiro atoms. The van der Waals surface area contributed by atoms with Gasteiger partial charge >= 0.3 is 0 Å². The fourth-order valence-electron chi connectivity index (χ4n) is 1.42. The van der Waals surface area contributed by atoms with Gasteiger partial charge in [-0.2, -0.15) is 0 Å². The molecule has 1 heterocycles. The quantitative estimate of drug-likeness (QED) is 0.640. The zero-order valence-electron chi connectivity index (χ0n) is 6.51. The minimum Gasteiger partial charge on any atom is -0.508 e. The molecular weight excluding hydrogens is 159 g/mol. The highest BCUT2D eigenvalue weighted by molar-refractivity contribution is 5.42. The summed E-state index contributed by atoms with van der Waals surface area (Å²) in [6.45, 7) is 0.564. The van der Waals surface area contributed by atoms with Gasteiger partial charge in [0.2, 0.25) is 0 Å². The van der Waals surface area contributed by atoms with Crippen molar-refractivity contribution in [1.29, 1.82) is 0 Å². The summed E-state index contributed by atoms with van der Waals surface area (Å²) < 4.78 is 18.2. The van der Waals surface area contributed by atoms with Crippen LogP contribution >= 0.6 is 0 Å². The van der Waals surface area contributed by atoms with Gasteiger partial charge in [-0.15, -0.1) is 0 Å². The molecule has 0 saturated heterocycles. The monoisotopic (exact) mass is 168 g/mol. The number of ether oxygens (including phenoxy) is 1. The second kappa shape index (κ2) is 2.66. The standard InChI is InChI=1S/C9H9FO2/c10-8-5-7(11)4-6-2-1-3-12-9(6)8/h4-5,11H,1-3H2. The Labute approximate surface area is 69.6 Å². The summed E-state index contributed by atoms with van der Waals surface area (Å²) in [4.78, 5) is 0. The van der Waals surface area contributed by atoms with E-state index < -0.39 is 5.82 Å².